The van der Waals surface area contributed by atoms with E-state index in [9.17, 15) is 4.79 Å². The number of nitrogens with one attached hydrogen (secondary N) is 1. The number of carbonyl (C=O) groups excluding carboxylic acids is 1. The first-order valence-corrected chi connectivity index (χ1v) is 8.04. The van der Waals surface area contributed by atoms with Gasteiger partial charge in [-0.15, -0.1) is 0 Å². The van der Waals surface area contributed by atoms with Gasteiger partial charge in [-0.1, -0.05) is 62.7 Å². The highest BCUT2D eigenvalue weighted by Gasteiger charge is 2.13. The van der Waals surface area contributed by atoms with Crippen molar-refractivity contribution in [3.05, 3.63) is 64.7 Å². The molecule has 4 nitrogen and oxygen atoms in total. The molecule has 2 aromatic carbocycles. The van der Waals surface area contributed by atoms with Gasteiger partial charge in [-0.25, -0.2) is 5.43 Å². The van der Waals surface area contributed by atoms with Gasteiger partial charge in [0, 0.05) is 10.6 Å². The van der Waals surface area contributed by atoms with Crippen molar-refractivity contribution in [1.82, 2.24) is 5.43 Å². The van der Waals surface area contributed by atoms with E-state index in [1.54, 1.807) is 6.07 Å². The van der Waals surface area contributed by atoms with E-state index >= 15 is 0 Å². The summed E-state index contributed by atoms with van der Waals surface area (Å²) in [5.41, 5.74) is 4.44. The molecule has 0 aliphatic rings. The van der Waals surface area contributed by atoms with Crippen molar-refractivity contribution < 1.29 is 9.53 Å². The highest BCUT2D eigenvalue weighted by atomic mass is 35.5. The zero-order valence-corrected chi connectivity index (χ0v) is 14.8. The van der Waals surface area contributed by atoms with Gasteiger partial charge in [0.2, 0.25) is 0 Å². The maximum Gasteiger partial charge on any atom is 0.277 e. The quantitative estimate of drug-likeness (QED) is 0.653. The van der Waals surface area contributed by atoms with Gasteiger partial charge in [-0.05, 0) is 29.2 Å². The van der Waals surface area contributed by atoms with Gasteiger partial charge in [0.25, 0.3) is 5.91 Å². The van der Waals surface area contributed by atoms with Crippen molar-refractivity contribution in [3.8, 4) is 5.75 Å². The zero-order chi connectivity index (χ0) is 17.6. The Bertz CT molecular complexity index is 719. The highest BCUT2D eigenvalue weighted by molar-refractivity contribution is 6.33. The lowest BCUT2D eigenvalue weighted by molar-refractivity contribution is -0.123. The Morgan fingerprint density at radius 1 is 1.17 bits per heavy atom. The maximum atomic E-state index is 11.7. The van der Waals surface area contributed by atoms with Crippen molar-refractivity contribution in [3.63, 3.8) is 0 Å². The lowest BCUT2D eigenvalue weighted by Gasteiger charge is -2.19. The first-order valence-electron chi connectivity index (χ1n) is 7.66. The molecule has 0 radical (unpaired) electrons. The van der Waals surface area contributed by atoms with Crippen LogP contribution in [0.15, 0.2) is 53.6 Å². The van der Waals surface area contributed by atoms with E-state index in [0.29, 0.717) is 10.8 Å². The third-order valence-corrected chi connectivity index (χ3v) is 3.73. The second kappa shape index (κ2) is 7.97. The molecule has 2 rings (SSSR count). The van der Waals surface area contributed by atoms with E-state index in [-0.39, 0.29) is 17.9 Å². The fourth-order valence-corrected chi connectivity index (χ4v) is 2.17. The first kappa shape index (κ1) is 18.0. The van der Waals surface area contributed by atoms with Gasteiger partial charge in [0.15, 0.2) is 6.61 Å². The van der Waals surface area contributed by atoms with E-state index in [1.165, 1.54) is 11.8 Å². The van der Waals surface area contributed by atoms with Crippen molar-refractivity contribution in [2.75, 3.05) is 6.61 Å². The Kier molecular flexibility index (Phi) is 5.99. The molecule has 0 fully saturated rings. The lowest BCUT2D eigenvalue weighted by Crippen LogP contribution is -2.24. The summed E-state index contributed by atoms with van der Waals surface area (Å²) < 4.78 is 5.45. The number of ether oxygens (including phenoxy) is 1. The number of hydrogen-bond acceptors (Lipinski definition) is 3. The van der Waals surface area contributed by atoms with Gasteiger partial charge < -0.3 is 4.74 Å². The smallest absolute Gasteiger partial charge is 0.277 e. The molecule has 0 aliphatic heterocycles. The molecule has 0 saturated carbocycles. The number of hydrazone groups is 1. The largest absolute Gasteiger partial charge is 0.484 e. The molecule has 0 atom stereocenters. The number of hydrogen-bond donors (Lipinski definition) is 1. The Labute approximate surface area is 147 Å². The number of halogens is 1. The Morgan fingerprint density at radius 3 is 2.46 bits per heavy atom. The molecule has 0 aromatic heterocycles. The molecular formula is C19H21ClN2O2. The standard InChI is InChI=1S/C19H21ClN2O2/c1-19(2,3)15-8-10-16(11-9-15)24-13-18(23)22-21-12-14-6-4-5-7-17(14)20/h4-12H,13H2,1-3H3,(H,22,23)/b21-12-. The van der Waals surface area contributed by atoms with Crippen LogP contribution in [0.4, 0.5) is 0 Å². The highest BCUT2D eigenvalue weighted by Crippen LogP contribution is 2.24. The Morgan fingerprint density at radius 2 is 1.83 bits per heavy atom. The summed E-state index contributed by atoms with van der Waals surface area (Å²) in [6, 6.07) is 15.0. The van der Waals surface area contributed by atoms with Crippen LogP contribution in [0.1, 0.15) is 31.9 Å². The molecule has 0 saturated heterocycles. The van der Waals surface area contributed by atoms with Crippen molar-refractivity contribution in [2.45, 2.75) is 26.2 Å². The van der Waals surface area contributed by atoms with Gasteiger partial charge in [-0.2, -0.15) is 5.10 Å². The maximum absolute atomic E-state index is 11.7. The summed E-state index contributed by atoms with van der Waals surface area (Å²) in [5.74, 6) is 0.312. The average molecular weight is 345 g/mol. The third-order valence-electron chi connectivity index (χ3n) is 3.39. The van der Waals surface area contributed by atoms with Crippen LogP contribution >= 0.6 is 11.6 Å². The molecule has 0 heterocycles. The van der Waals surface area contributed by atoms with Crippen LogP contribution in [-0.2, 0) is 10.2 Å². The van der Waals surface area contributed by atoms with Gasteiger partial charge in [-0.3, -0.25) is 4.79 Å². The molecule has 2 aromatic rings. The molecular weight excluding hydrogens is 324 g/mol. The fraction of sp³-hybridized carbons (Fsp3) is 0.263. The van der Waals surface area contributed by atoms with E-state index in [2.05, 4.69) is 31.3 Å². The molecule has 24 heavy (non-hydrogen) atoms. The Balaban J connectivity index is 1.82. The summed E-state index contributed by atoms with van der Waals surface area (Å²) in [6.07, 6.45) is 1.50. The second-order valence-electron chi connectivity index (χ2n) is 6.38. The molecule has 1 amide bonds. The van der Waals surface area contributed by atoms with Crippen LogP contribution in [0, 0.1) is 0 Å². The van der Waals surface area contributed by atoms with Crippen LogP contribution in [0.5, 0.6) is 5.75 Å². The lowest BCUT2D eigenvalue weighted by atomic mass is 9.87. The van der Waals surface area contributed by atoms with E-state index in [0.717, 1.165) is 5.56 Å². The number of nitrogens with zero attached hydrogens (tertiary/aromatic N) is 1. The minimum atomic E-state index is -0.335. The number of amides is 1. The Hall–Kier alpha value is -2.33. The predicted molar refractivity (Wildman–Crippen MR) is 97.8 cm³/mol. The summed E-state index contributed by atoms with van der Waals surface area (Å²) in [7, 11) is 0. The van der Waals surface area contributed by atoms with Crippen LogP contribution in [0.25, 0.3) is 0 Å². The summed E-state index contributed by atoms with van der Waals surface area (Å²) in [4.78, 5) is 11.7. The third kappa shape index (κ3) is 5.39. The van der Waals surface area contributed by atoms with Gasteiger partial charge in [0.05, 0.1) is 6.21 Å². The predicted octanol–water partition coefficient (Wildman–Crippen LogP) is 4.17. The molecule has 1 N–H and O–H groups in total. The average Bonchev–Trinajstić information content (AvgIpc) is 2.54. The number of benzene rings is 2. The van der Waals surface area contributed by atoms with Crippen LogP contribution in [-0.4, -0.2) is 18.7 Å². The summed E-state index contributed by atoms with van der Waals surface area (Å²) >= 11 is 6.00. The first-order chi connectivity index (χ1) is 11.4. The van der Waals surface area contributed by atoms with Gasteiger partial charge in [0.1, 0.15) is 5.75 Å². The van der Waals surface area contributed by atoms with Crippen LogP contribution in [0.3, 0.4) is 0 Å². The monoisotopic (exact) mass is 344 g/mol. The van der Waals surface area contributed by atoms with Crippen molar-refractivity contribution in [2.24, 2.45) is 5.10 Å². The van der Waals surface area contributed by atoms with Crippen LogP contribution in [0.2, 0.25) is 5.02 Å². The van der Waals surface area contributed by atoms with E-state index in [4.69, 9.17) is 16.3 Å². The normalized spacial score (nSPS) is 11.5. The molecule has 126 valence electrons. The van der Waals surface area contributed by atoms with E-state index in [1.807, 2.05) is 42.5 Å². The van der Waals surface area contributed by atoms with E-state index < -0.39 is 0 Å². The summed E-state index contributed by atoms with van der Waals surface area (Å²) in [6.45, 7) is 6.34. The van der Waals surface area contributed by atoms with Crippen LogP contribution < -0.4 is 10.2 Å². The second-order valence-corrected chi connectivity index (χ2v) is 6.78. The number of carbonyl (C=O) groups is 1. The SMILES string of the molecule is CC(C)(C)c1ccc(OCC(=O)N/N=C\c2ccccc2Cl)cc1. The molecule has 0 aliphatic carbocycles. The fourth-order valence-electron chi connectivity index (χ4n) is 1.99. The minimum Gasteiger partial charge on any atom is -0.484 e. The zero-order valence-electron chi connectivity index (χ0n) is 14.0. The minimum absolute atomic E-state index is 0.0866. The molecule has 5 heteroatoms. The van der Waals surface area contributed by atoms with Crippen molar-refractivity contribution in [1.29, 1.82) is 0 Å². The molecule has 0 unspecified atom stereocenters. The molecule has 0 spiro atoms. The van der Waals surface area contributed by atoms with Gasteiger partial charge >= 0.3 is 0 Å². The molecule has 0 bridgehead atoms. The van der Waals surface area contributed by atoms with Crippen molar-refractivity contribution >= 4 is 23.7 Å². The summed E-state index contributed by atoms with van der Waals surface area (Å²) in [5, 5.41) is 4.45. The topological polar surface area (TPSA) is 50.7 Å². The number of rotatable bonds is 5.